The van der Waals surface area contributed by atoms with Crippen molar-refractivity contribution in [2.45, 2.75) is 103 Å². The lowest BCUT2D eigenvalue weighted by Crippen LogP contribution is -2.60. The highest BCUT2D eigenvalue weighted by molar-refractivity contribution is 6.38. The van der Waals surface area contributed by atoms with Gasteiger partial charge in [-0.25, -0.2) is 18.6 Å². The van der Waals surface area contributed by atoms with Gasteiger partial charge in [-0.2, -0.15) is 0 Å². The van der Waals surface area contributed by atoms with Crippen LogP contribution in [0.4, 0.5) is 8.78 Å². The summed E-state index contributed by atoms with van der Waals surface area (Å²) in [5.74, 6) is -13.5. The van der Waals surface area contributed by atoms with Gasteiger partial charge < -0.3 is 31.3 Å². The van der Waals surface area contributed by atoms with Gasteiger partial charge in [-0.1, -0.05) is 71.4 Å². The molecule has 0 bridgehead atoms. The minimum absolute atomic E-state index is 0.0398. The van der Waals surface area contributed by atoms with Crippen LogP contribution in [0.3, 0.4) is 0 Å². The Morgan fingerprint density at radius 1 is 0.909 bits per heavy atom. The Morgan fingerprint density at radius 2 is 1.58 bits per heavy atom. The molecule has 15 nitrogen and oxygen atoms in total. The monoisotopic (exact) mass is 769 g/mol. The number of carbonyl (C=O) groups is 7. The summed E-state index contributed by atoms with van der Waals surface area (Å²) in [6, 6.07) is 1.63. The molecule has 55 heavy (non-hydrogen) atoms. The van der Waals surface area contributed by atoms with Crippen molar-refractivity contribution in [1.82, 2.24) is 36.1 Å². The maximum atomic E-state index is 15.2. The second kappa shape index (κ2) is 18.3. The summed E-state index contributed by atoms with van der Waals surface area (Å²) in [4.78, 5) is 102. The van der Waals surface area contributed by atoms with E-state index in [1.807, 2.05) is 0 Å². The summed E-state index contributed by atoms with van der Waals surface area (Å²) in [6.07, 6.45) is 3.44. The first-order valence-corrected chi connectivity index (χ1v) is 18.4. The molecule has 0 spiro atoms. The Bertz CT molecular complexity index is 1730. The summed E-state index contributed by atoms with van der Waals surface area (Å²) in [5, 5.41) is 19.7. The molecule has 1 aliphatic carbocycles. The van der Waals surface area contributed by atoms with Crippen LogP contribution >= 0.6 is 0 Å². The molecule has 298 valence electrons. The van der Waals surface area contributed by atoms with Crippen LogP contribution in [-0.2, 0) is 35.2 Å². The number of halogens is 2. The summed E-state index contributed by atoms with van der Waals surface area (Å²) in [5.41, 5.74) is 0.555. The van der Waals surface area contributed by atoms with Gasteiger partial charge in [-0.05, 0) is 36.2 Å². The number of carbonyl (C=O) groups excluding carboxylic acids is 6. The number of nitrogens with zero attached hydrogens (tertiary/aromatic N) is 3. The Hall–Kier alpha value is -5.35. The zero-order valence-corrected chi connectivity index (χ0v) is 31.5. The zero-order valence-electron chi connectivity index (χ0n) is 31.5. The third-order valence-electron chi connectivity index (χ3n) is 10.1. The van der Waals surface area contributed by atoms with E-state index in [-0.39, 0.29) is 25.0 Å². The molecule has 1 saturated heterocycles. The van der Waals surface area contributed by atoms with Crippen LogP contribution in [0.15, 0.2) is 48.9 Å². The molecule has 0 radical (unpaired) electrons. The second-order valence-corrected chi connectivity index (χ2v) is 14.8. The summed E-state index contributed by atoms with van der Waals surface area (Å²) in [6.45, 7) is 7.80. The van der Waals surface area contributed by atoms with Crippen molar-refractivity contribution >= 4 is 41.3 Å². The molecule has 1 aromatic heterocycles. The van der Waals surface area contributed by atoms with Crippen molar-refractivity contribution in [2.75, 3.05) is 6.54 Å². The normalized spacial score (nSPS) is 20.8. The van der Waals surface area contributed by atoms with E-state index in [9.17, 15) is 38.7 Å². The zero-order chi connectivity index (χ0) is 40.6. The lowest BCUT2D eigenvalue weighted by Gasteiger charge is -2.34. The van der Waals surface area contributed by atoms with Gasteiger partial charge in [0, 0.05) is 37.7 Å². The van der Waals surface area contributed by atoms with Crippen LogP contribution in [0.1, 0.15) is 76.4 Å². The number of hydrogen-bond donors (Lipinski definition) is 5. The Kier molecular flexibility index (Phi) is 14.1. The SMILES string of the molecule is CCCC(NC(=O)C1[C@H]2CCC(F)(F)[C@H]2CN1C(=O)C(NC(=O)[C@H](NC(=O)c1cnccn1)C(C)C)C(C)C)C(=O)C(=O)N[C@@H](Cc1ccccc1)C(=O)O. The number of carboxylic acids is 1. The smallest absolute Gasteiger partial charge is 0.326 e. The number of benzene rings is 1. The van der Waals surface area contributed by atoms with Crippen LogP contribution in [0, 0.1) is 23.7 Å². The summed E-state index contributed by atoms with van der Waals surface area (Å²) < 4.78 is 30.4. The van der Waals surface area contributed by atoms with Crippen molar-refractivity contribution in [3.8, 4) is 0 Å². The van der Waals surface area contributed by atoms with Gasteiger partial charge in [0.05, 0.1) is 12.2 Å². The molecule has 4 rings (SSSR count). The van der Waals surface area contributed by atoms with Gasteiger partial charge in [0.1, 0.15) is 29.9 Å². The first-order valence-electron chi connectivity index (χ1n) is 18.4. The van der Waals surface area contributed by atoms with E-state index in [1.54, 1.807) is 65.0 Å². The topological polar surface area (TPSA) is 217 Å². The third kappa shape index (κ3) is 10.2. The summed E-state index contributed by atoms with van der Waals surface area (Å²) >= 11 is 0. The number of fused-ring (bicyclic) bond motifs is 1. The van der Waals surface area contributed by atoms with E-state index in [0.29, 0.717) is 12.0 Å². The van der Waals surface area contributed by atoms with E-state index in [0.717, 1.165) is 4.90 Å². The molecule has 1 saturated carbocycles. The van der Waals surface area contributed by atoms with E-state index in [1.165, 1.54) is 18.6 Å². The predicted octanol–water partition coefficient (Wildman–Crippen LogP) is 1.91. The molecule has 5 amide bonds. The molecular weight excluding hydrogens is 720 g/mol. The number of carboxylic acid groups (broad SMARTS) is 1. The Morgan fingerprint density at radius 3 is 2.16 bits per heavy atom. The lowest BCUT2D eigenvalue weighted by atomic mass is 9.91. The number of rotatable bonds is 17. The molecule has 2 aliphatic rings. The van der Waals surface area contributed by atoms with E-state index < -0.39 is 114 Å². The fourth-order valence-corrected chi connectivity index (χ4v) is 7.18. The average molecular weight is 770 g/mol. The highest BCUT2D eigenvalue weighted by Gasteiger charge is 2.61. The number of likely N-dealkylation sites (tertiary alicyclic amines) is 1. The molecule has 17 heteroatoms. The molecule has 7 atom stereocenters. The Balaban J connectivity index is 1.54. The molecule has 2 heterocycles. The second-order valence-electron chi connectivity index (χ2n) is 14.8. The van der Waals surface area contributed by atoms with Crippen LogP contribution in [0.5, 0.6) is 0 Å². The number of nitrogens with one attached hydrogen (secondary N) is 4. The maximum absolute atomic E-state index is 15.2. The molecule has 2 fully saturated rings. The van der Waals surface area contributed by atoms with Crippen molar-refractivity contribution in [3.05, 3.63) is 60.2 Å². The minimum atomic E-state index is -3.20. The van der Waals surface area contributed by atoms with Crippen molar-refractivity contribution < 1.29 is 47.4 Å². The number of ketones is 1. The van der Waals surface area contributed by atoms with Crippen LogP contribution in [0.25, 0.3) is 0 Å². The number of hydrogen-bond acceptors (Lipinski definition) is 9. The fraction of sp³-hybridized carbons (Fsp3) is 0.553. The van der Waals surface area contributed by atoms with Crippen LogP contribution in [-0.4, -0.2) is 104 Å². The fourth-order valence-electron chi connectivity index (χ4n) is 7.18. The quantitative estimate of drug-likeness (QED) is 0.147. The Labute approximate surface area is 317 Å². The van der Waals surface area contributed by atoms with E-state index in [2.05, 4.69) is 31.2 Å². The van der Waals surface area contributed by atoms with E-state index >= 15 is 8.78 Å². The average Bonchev–Trinajstić information content (AvgIpc) is 3.68. The highest BCUT2D eigenvalue weighted by atomic mass is 19.3. The largest absolute Gasteiger partial charge is 0.480 e. The summed E-state index contributed by atoms with van der Waals surface area (Å²) in [7, 11) is 0. The first kappa shape index (κ1) is 42.4. The number of Topliss-reactive ketones (excluding diaryl/α,β-unsaturated/α-hetero) is 1. The van der Waals surface area contributed by atoms with Crippen molar-refractivity contribution in [2.24, 2.45) is 23.7 Å². The van der Waals surface area contributed by atoms with Gasteiger partial charge >= 0.3 is 5.97 Å². The predicted molar refractivity (Wildman–Crippen MR) is 193 cm³/mol. The van der Waals surface area contributed by atoms with Gasteiger partial charge in [0.25, 0.3) is 17.7 Å². The third-order valence-corrected chi connectivity index (χ3v) is 10.1. The maximum Gasteiger partial charge on any atom is 0.326 e. The molecule has 1 aliphatic heterocycles. The van der Waals surface area contributed by atoms with Gasteiger partial charge in [-0.15, -0.1) is 0 Å². The first-order chi connectivity index (χ1) is 26.0. The standard InChI is InChI=1S/C38H49F2N7O8/c1-6-10-25(31(48)35(52)44-26(37(54)55)17-22-11-8-7-9-12-22)43-34(51)30-23-13-14-38(39,40)24(23)19-47(30)36(53)29(21(4)5)46-33(50)28(20(2)3)45-32(49)27-18-41-15-16-42-27/h7-9,11-12,15-16,18,20-21,23-26,28-30H,6,10,13-14,17,19H2,1-5H3,(H,43,51)(H,44,52)(H,45,49)(H,46,50)(H,54,55)/t23-,24-,25?,26-,28+,29?,30?/m0/s1. The lowest BCUT2D eigenvalue weighted by molar-refractivity contribution is -0.146. The molecule has 2 aromatic rings. The highest BCUT2D eigenvalue weighted by Crippen LogP contribution is 2.51. The number of amides is 5. The van der Waals surface area contributed by atoms with Gasteiger partial charge in [-0.3, -0.25) is 33.8 Å². The number of aliphatic carboxylic acids is 1. The molecule has 1 aromatic carbocycles. The minimum Gasteiger partial charge on any atom is -0.480 e. The number of alkyl halides is 2. The molecule has 3 unspecified atom stereocenters. The van der Waals surface area contributed by atoms with Crippen LogP contribution < -0.4 is 21.3 Å². The molecule has 5 N–H and O–H groups in total. The van der Waals surface area contributed by atoms with Gasteiger partial charge in [0.2, 0.25) is 23.5 Å². The van der Waals surface area contributed by atoms with Crippen LogP contribution in [0.2, 0.25) is 0 Å². The van der Waals surface area contributed by atoms with Gasteiger partial charge in [0.15, 0.2) is 0 Å². The number of aromatic nitrogens is 2. The molecular formula is C38H49F2N7O8. The van der Waals surface area contributed by atoms with Crippen molar-refractivity contribution in [1.29, 1.82) is 0 Å². The van der Waals surface area contributed by atoms with Crippen molar-refractivity contribution in [3.63, 3.8) is 0 Å². The van der Waals surface area contributed by atoms with E-state index in [4.69, 9.17) is 0 Å².